The van der Waals surface area contributed by atoms with Gasteiger partial charge in [0.1, 0.15) is 22.8 Å². The number of phenolic OH excluding ortho intramolecular Hbond substituents is 1. The molecule has 0 spiro atoms. The minimum Gasteiger partial charge on any atom is -0.508 e. The molecule has 0 aromatic heterocycles. The second kappa shape index (κ2) is 9.83. The van der Waals surface area contributed by atoms with Crippen LogP contribution < -0.4 is 11.1 Å². The van der Waals surface area contributed by atoms with Gasteiger partial charge in [0.25, 0.3) is 5.91 Å². The Morgan fingerprint density at radius 1 is 1.18 bits per heavy atom. The molecule has 0 unspecified atom stereocenters. The predicted octanol–water partition coefficient (Wildman–Crippen LogP) is 1.30. The van der Waals surface area contributed by atoms with E-state index >= 15 is 0 Å². The highest BCUT2D eigenvalue weighted by Gasteiger charge is 2.64. The van der Waals surface area contributed by atoms with Crippen molar-refractivity contribution in [3.63, 3.8) is 0 Å². The Morgan fingerprint density at radius 3 is 2.33 bits per heavy atom. The van der Waals surface area contributed by atoms with Gasteiger partial charge in [-0.3, -0.25) is 24.1 Å². The highest BCUT2D eigenvalue weighted by Crippen LogP contribution is 2.53. The topological polar surface area (TPSA) is 190 Å². The summed E-state index contributed by atoms with van der Waals surface area (Å²) in [5.41, 5.74) is 2.36. The molecule has 11 nitrogen and oxygen atoms in total. The number of primary amides is 1. The van der Waals surface area contributed by atoms with Gasteiger partial charge in [-0.25, -0.2) is 0 Å². The summed E-state index contributed by atoms with van der Waals surface area (Å²) in [6.07, 6.45) is 0.0193. The van der Waals surface area contributed by atoms with Gasteiger partial charge in [0, 0.05) is 35.7 Å². The summed E-state index contributed by atoms with van der Waals surface area (Å²) in [7, 11) is 3.07. The number of ketones is 3. The fourth-order valence-electron chi connectivity index (χ4n) is 6.39. The van der Waals surface area contributed by atoms with Crippen LogP contribution >= 0.6 is 0 Å². The van der Waals surface area contributed by atoms with Crippen LogP contribution in [-0.4, -0.2) is 80.9 Å². The van der Waals surface area contributed by atoms with Gasteiger partial charge in [-0.05, 0) is 56.8 Å². The maximum absolute atomic E-state index is 14.0. The molecule has 1 aromatic carbocycles. The van der Waals surface area contributed by atoms with Gasteiger partial charge in [0.15, 0.2) is 17.2 Å². The Balaban J connectivity index is 1.92. The van der Waals surface area contributed by atoms with Crippen molar-refractivity contribution in [2.45, 2.75) is 58.7 Å². The van der Waals surface area contributed by atoms with Crippen molar-refractivity contribution in [2.24, 2.45) is 23.0 Å². The number of benzene rings is 1. The lowest BCUT2D eigenvalue weighted by molar-refractivity contribution is -0.153. The zero-order chi connectivity index (χ0) is 30.1. The van der Waals surface area contributed by atoms with Gasteiger partial charge in [-0.2, -0.15) is 0 Å². The minimum absolute atomic E-state index is 0.0429. The Morgan fingerprint density at radius 2 is 1.80 bits per heavy atom. The lowest BCUT2D eigenvalue weighted by Crippen LogP contribution is -2.65. The first kappa shape index (κ1) is 29.4. The molecule has 0 heterocycles. The number of fused-ring (bicyclic) bond motifs is 3. The number of hydrogen-bond donors (Lipinski definition) is 6. The zero-order valence-electron chi connectivity index (χ0n) is 23.6. The molecular weight excluding hydrogens is 518 g/mol. The average Bonchev–Trinajstić information content (AvgIpc) is 2.81. The molecule has 216 valence electrons. The number of aliphatic hydroxyl groups excluding tert-OH is 2. The van der Waals surface area contributed by atoms with Crippen molar-refractivity contribution >= 4 is 29.0 Å². The number of Topliss-reactive ketones (excluding diaryl/α,β-unsaturated/α-hetero) is 3. The van der Waals surface area contributed by atoms with Gasteiger partial charge in [0.05, 0.1) is 11.6 Å². The maximum Gasteiger partial charge on any atom is 0.255 e. The molecule has 0 aliphatic heterocycles. The van der Waals surface area contributed by atoms with Crippen molar-refractivity contribution in [1.82, 2.24) is 10.2 Å². The SMILES string of the molecule is CC(=O)c1cc(CNCC(C)(C)C)c(O)c2c1C[C@H]1C[C@H]3[C@@H](N(C)C)C(=O)C(C(N)=O)=C(O)[C@@]3(O)C(=O)C1=C2O. The van der Waals surface area contributed by atoms with E-state index in [1.165, 1.54) is 25.9 Å². The van der Waals surface area contributed by atoms with Crippen LogP contribution in [0.2, 0.25) is 0 Å². The van der Waals surface area contributed by atoms with E-state index in [4.69, 9.17) is 5.73 Å². The number of hydrogen-bond acceptors (Lipinski definition) is 10. The number of aromatic hydroxyl groups is 1. The Hall–Kier alpha value is -3.54. The quantitative estimate of drug-likeness (QED) is 0.220. The summed E-state index contributed by atoms with van der Waals surface area (Å²) in [6.45, 7) is 8.25. The number of aliphatic hydroxyl groups is 3. The molecule has 11 heteroatoms. The van der Waals surface area contributed by atoms with E-state index in [1.54, 1.807) is 6.07 Å². The normalized spacial score (nSPS) is 26.6. The molecule has 1 aromatic rings. The summed E-state index contributed by atoms with van der Waals surface area (Å²) < 4.78 is 0. The molecule has 4 atom stereocenters. The first-order valence-electron chi connectivity index (χ1n) is 13.2. The van der Waals surface area contributed by atoms with Crippen molar-refractivity contribution in [2.75, 3.05) is 20.6 Å². The number of carbonyl (C=O) groups excluding carboxylic acids is 4. The average molecular weight is 556 g/mol. The van der Waals surface area contributed by atoms with E-state index in [1.807, 2.05) is 20.8 Å². The van der Waals surface area contributed by atoms with Crippen LogP contribution in [0.3, 0.4) is 0 Å². The number of rotatable bonds is 6. The molecular formula is C29H37N3O8. The number of carbonyl (C=O) groups is 4. The molecule has 3 aliphatic carbocycles. The summed E-state index contributed by atoms with van der Waals surface area (Å²) in [5, 5.41) is 48.6. The van der Waals surface area contributed by atoms with E-state index in [0.717, 1.165) is 0 Å². The first-order valence-corrected chi connectivity index (χ1v) is 13.2. The number of phenols is 1. The van der Waals surface area contributed by atoms with Gasteiger partial charge >= 0.3 is 0 Å². The van der Waals surface area contributed by atoms with Crippen molar-refractivity contribution in [1.29, 1.82) is 0 Å². The number of nitrogens with one attached hydrogen (secondary N) is 1. The fourth-order valence-corrected chi connectivity index (χ4v) is 6.39. The van der Waals surface area contributed by atoms with Gasteiger partial charge in [0.2, 0.25) is 5.78 Å². The molecule has 0 saturated heterocycles. The molecule has 0 bridgehead atoms. The summed E-state index contributed by atoms with van der Waals surface area (Å²) in [6, 6.07) is 0.403. The smallest absolute Gasteiger partial charge is 0.255 e. The lowest BCUT2D eigenvalue weighted by atomic mass is 9.57. The van der Waals surface area contributed by atoms with Crippen LogP contribution in [0.5, 0.6) is 5.75 Å². The molecule has 0 radical (unpaired) electrons. The summed E-state index contributed by atoms with van der Waals surface area (Å²) in [4.78, 5) is 53.4. The number of amides is 1. The van der Waals surface area contributed by atoms with Crippen LogP contribution in [0.4, 0.5) is 0 Å². The molecule has 1 saturated carbocycles. The second-order valence-corrected chi connectivity index (χ2v) is 12.5. The Kier molecular flexibility index (Phi) is 7.23. The Labute approximate surface area is 232 Å². The first-order chi connectivity index (χ1) is 18.4. The number of nitrogens with two attached hydrogens (primary N) is 1. The van der Waals surface area contributed by atoms with Crippen LogP contribution in [-0.2, 0) is 27.3 Å². The minimum atomic E-state index is -2.71. The van der Waals surface area contributed by atoms with Crippen molar-refractivity contribution < 1.29 is 39.6 Å². The monoisotopic (exact) mass is 555 g/mol. The van der Waals surface area contributed by atoms with E-state index in [9.17, 15) is 39.6 Å². The third-order valence-corrected chi connectivity index (χ3v) is 8.15. The molecule has 1 amide bonds. The number of likely N-dealkylation sites (N-methyl/N-ethyl adjacent to an activating group) is 1. The highest BCUT2D eigenvalue weighted by atomic mass is 16.3. The fraction of sp³-hybridized carbons (Fsp3) is 0.517. The molecule has 40 heavy (non-hydrogen) atoms. The van der Waals surface area contributed by atoms with E-state index in [2.05, 4.69) is 5.32 Å². The maximum atomic E-state index is 14.0. The largest absolute Gasteiger partial charge is 0.508 e. The van der Waals surface area contributed by atoms with Crippen LogP contribution in [0, 0.1) is 17.3 Å². The van der Waals surface area contributed by atoms with E-state index in [-0.39, 0.29) is 53.0 Å². The van der Waals surface area contributed by atoms with Gasteiger partial charge in [-0.1, -0.05) is 20.8 Å². The molecule has 3 aliphatic rings. The number of nitrogens with zero attached hydrogens (tertiary/aromatic N) is 1. The van der Waals surface area contributed by atoms with Crippen LogP contribution in [0.1, 0.15) is 61.2 Å². The standard InChI is InChI=1S/C29H37N3O8/c1-12(33)15-8-14(10-31-11-28(2,3)4)22(34)19-16(15)7-13-9-17-21(32(5)6)24(36)20(27(30)39)26(38)29(17,40)25(37)18(13)23(19)35/h8,13,17,21,31,34-35,38,40H,7,9-11H2,1-6H3,(H2,30,39)/t13-,17-,21+,29-/m0/s1. The molecule has 1 fully saturated rings. The molecule has 4 rings (SSSR count). The highest BCUT2D eigenvalue weighted by molar-refractivity contribution is 6.24. The summed E-state index contributed by atoms with van der Waals surface area (Å²) in [5.74, 6) is -7.49. The van der Waals surface area contributed by atoms with Crippen LogP contribution in [0.15, 0.2) is 23.0 Å². The van der Waals surface area contributed by atoms with Gasteiger partial charge < -0.3 is 31.5 Å². The van der Waals surface area contributed by atoms with E-state index in [0.29, 0.717) is 17.7 Å². The second-order valence-electron chi connectivity index (χ2n) is 12.5. The predicted molar refractivity (Wildman–Crippen MR) is 145 cm³/mol. The van der Waals surface area contributed by atoms with Crippen molar-refractivity contribution in [3.8, 4) is 5.75 Å². The van der Waals surface area contributed by atoms with Crippen LogP contribution in [0.25, 0.3) is 5.76 Å². The zero-order valence-corrected chi connectivity index (χ0v) is 23.6. The van der Waals surface area contributed by atoms with Gasteiger partial charge in [-0.15, -0.1) is 0 Å². The third-order valence-electron chi connectivity index (χ3n) is 8.15. The summed E-state index contributed by atoms with van der Waals surface area (Å²) >= 11 is 0. The third kappa shape index (κ3) is 4.42. The lowest BCUT2D eigenvalue weighted by Gasteiger charge is -2.50. The Bertz CT molecular complexity index is 1400. The molecule has 7 N–H and O–H groups in total. The van der Waals surface area contributed by atoms with Crippen molar-refractivity contribution in [3.05, 3.63) is 45.2 Å². The van der Waals surface area contributed by atoms with E-state index < -0.39 is 58.0 Å².